The van der Waals surface area contributed by atoms with Gasteiger partial charge in [0.15, 0.2) is 5.60 Å². The van der Waals surface area contributed by atoms with Crippen molar-refractivity contribution >= 4 is 5.91 Å². The summed E-state index contributed by atoms with van der Waals surface area (Å²) in [5.74, 6) is 0.825. The lowest BCUT2D eigenvalue weighted by molar-refractivity contribution is -0.173. The SMILES string of the molecule is O=C1N(Cc2cccnc2)CCO[C@@]12CN(Cc1ccco1)C[C@H]2c1cccnc1. The van der Waals surface area contributed by atoms with Crippen LogP contribution in [0.2, 0.25) is 0 Å². The highest BCUT2D eigenvalue weighted by atomic mass is 16.5. The lowest BCUT2D eigenvalue weighted by atomic mass is 9.83. The van der Waals surface area contributed by atoms with Gasteiger partial charge in [0.1, 0.15) is 5.76 Å². The fourth-order valence-electron chi connectivity index (χ4n) is 4.61. The van der Waals surface area contributed by atoms with E-state index in [2.05, 4.69) is 14.9 Å². The standard InChI is InChI=1S/C23H24N4O3/c28-22-23(30-11-9-27(22)14-18-4-1-7-24-12-18)17-26(15-20-6-3-10-29-20)16-21(23)19-5-2-8-25-13-19/h1-8,10,12-13,21H,9,11,14-17H2/t21-,23+/m0/s1. The summed E-state index contributed by atoms with van der Waals surface area (Å²) in [6, 6.07) is 11.7. The van der Waals surface area contributed by atoms with Crippen molar-refractivity contribution in [1.29, 1.82) is 0 Å². The van der Waals surface area contributed by atoms with E-state index in [4.69, 9.17) is 9.15 Å². The van der Waals surface area contributed by atoms with Gasteiger partial charge in [0.2, 0.25) is 0 Å². The summed E-state index contributed by atoms with van der Waals surface area (Å²) in [6.07, 6.45) is 8.83. The van der Waals surface area contributed by atoms with Crippen molar-refractivity contribution in [1.82, 2.24) is 19.8 Å². The molecule has 0 saturated carbocycles. The first-order chi connectivity index (χ1) is 14.7. The number of furan rings is 1. The normalized spacial score (nSPS) is 24.6. The van der Waals surface area contributed by atoms with E-state index in [0.29, 0.717) is 39.3 Å². The molecule has 0 N–H and O–H groups in total. The molecule has 7 nitrogen and oxygen atoms in total. The van der Waals surface area contributed by atoms with Gasteiger partial charge in [-0.05, 0) is 35.4 Å². The van der Waals surface area contributed by atoms with Gasteiger partial charge in [-0.1, -0.05) is 12.1 Å². The van der Waals surface area contributed by atoms with Crippen LogP contribution in [-0.4, -0.2) is 57.5 Å². The highest BCUT2D eigenvalue weighted by Crippen LogP contribution is 2.42. The highest BCUT2D eigenvalue weighted by Gasteiger charge is 2.57. The molecule has 2 aliphatic rings. The van der Waals surface area contributed by atoms with Gasteiger partial charge >= 0.3 is 0 Å². The fraction of sp³-hybridized carbons (Fsp3) is 0.348. The van der Waals surface area contributed by atoms with Crippen molar-refractivity contribution in [3.63, 3.8) is 0 Å². The molecule has 2 atom stereocenters. The molecule has 0 aromatic carbocycles. The molecule has 3 aromatic heterocycles. The molecule has 0 radical (unpaired) electrons. The van der Waals surface area contributed by atoms with Crippen molar-refractivity contribution in [2.45, 2.75) is 24.6 Å². The van der Waals surface area contributed by atoms with Gasteiger partial charge in [0.05, 0.1) is 19.4 Å². The van der Waals surface area contributed by atoms with Crippen LogP contribution >= 0.6 is 0 Å². The maximum absolute atomic E-state index is 13.8. The third-order valence-corrected chi connectivity index (χ3v) is 5.97. The predicted octanol–water partition coefficient (Wildman–Crippen LogP) is 2.47. The number of morpholine rings is 1. The number of likely N-dealkylation sites (tertiary alicyclic amines) is 1. The van der Waals surface area contributed by atoms with Crippen molar-refractivity contribution in [3.8, 4) is 0 Å². The van der Waals surface area contributed by atoms with Crippen LogP contribution in [-0.2, 0) is 22.6 Å². The summed E-state index contributed by atoms with van der Waals surface area (Å²) in [6.45, 7) is 3.50. The van der Waals surface area contributed by atoms with E-state index in [-0.39, 0.29) is 11.8 Å². The zero-order valence-electron chi connectivity index (χ0n) is 16.7. The lowest BCUT2D eigenvalue weighted by Gasteiger charge is -2.42. The minimum absolute atomic E-state index is 0.0356. The first kappa shape index (κ1) is 19.0. The Morgan fingerprint density at radius 2 is 1.93 bits per heavy atom. The average Bonchev–Trinajstić information content (AvgIpc) is 3.42. The number of carbonyl (C=O) groups is 1. The number of hydrogen-bond donors (Lipinski definition) is 0. The predicted molar refractivity (Wildman–Crippen MR) is 109 cm³/mol. The highest BCUT2D eigenvalue weighted by molar-refractivity contribution is 5.88. The molecule has 5 heterocycles. The number of aromatic nitrogens is 2. The van der Waals surface area contributed by atoms with Crippen LogP contribution in [0.5, 0.6) is 0 Å². The van der Waals surface area contributed by atoms with E-state index in [0.717, 1.165) is 16.9 Å². The van der Waals surface area contributed by atoms with Crippen LogP contribution in [0.15, 0.2) is 71.9 Å². The van der Waals surface area contributed by atoms with Gasteiger partial charge in [0.25, 0.3) is 5.91 Å². The molecule has 3 aromatic rings. The molecule has 154 valence electrons. The maximum atomic E-state index is 13.8. The van der Waals surface area contributed by atoms with E-state index < -0.39 is 5.60 Å². The Labute approximate surface area is 175 Å². The Morgan fingerprint density at radius 1 is 1.07 bits per heavy atom. The molecule has 1 spiro atoms. The smallest absolute Gasteiger partial charge is 0.257 e. The van der Waals surface area contributed by atoms with E-state index in [9.17, 15) is 4.79 Å². The van der Waals surface area contributed by atoms with Gasteiger partial charge in [-0.25, -0.2) is 0 Å². The second-order valence-electron chi connectivity index (χ2n) is 7.91. The molecule has 0 bridgehead atoms. The second kappa shape index (κ2) is 8.01. The third kappa shape index (κ3) is 3.51. The summed E-state index contributed by atoms with van der Waals surface area (Å²) >= 11 is 0. The summed E-state index contributed by atoms with van der Waals surface area (Å²) in [5.41, 5.74) is 1.12. The Kier molecular flexibility index (Phi) is 5.06. The first-order valence-electron chi connectivity index (χ1n) is 10.2. The van der Waals surface area contributed by atoms with E-state index in [1.54, 1.807) is 18.7 Å². The molecule has 0 unspecified atom stereocenters. The van der Waals surface area contributed by atoms with Gasteiger partial charge in [-0.15, -0.1) is 0 Å². The van der Waals surface area contributed by atoms with E-state index >= 15 is 0 Å². The summed E-state index contributed by atoms with van der Waals surface area (Å²) in [7, 11) is 0. The fourth-order valence-corrected chi connectivity index (χ4v) is 4.61. The summed E-state index contributed by atoms with van der Waals surface area (Å²) in [4.78, 5) is 26.4. The van der Waals surface area contributed by atoms with E-state index in [1.165, 1.54) is 0 Å². The van der Waals surface area contributed by atoms with Crippen LogP contribution in [0.4, 0.5) is 0 Å². The third-order valence-electron chi connectivity index (χ3n) is 5.97. The number of pyridine rings is 2. The topological polar surface area (TPSA) is 71.7 Å². The van der Waals surface area contributed by atoms with Crippen LogP contribution in [0.25, 0.3) is 0 Å². The van der Waals surface area contributed by atoms with Gasteiger partial charge in [-0.2, -0.15) is 0 Å². The molecule has 30 heavy (non-hydrogen) atoms. The molecular formula is C23H24N4O3. The minimum Gasteiger partial charge on any atom is -0.468 e. The van der Waals surface area contributed by atoms with Gasteiger partial charge < -0.3 is 14.1 Å². The minimum atomic E-state index is -0.921. The monoisotopic (exact) mass is 404 g/mol. The van der Waals surface area contributed by atoms with Crippen LogP contribution < -0.4 is 0 Å². The molecule has 7 heteroatoms. The van der Waals surface area contributed by atoms with Crippen LogP contribution in [0.3, 0.4) is 0 Å². The Hall–Kier alpha value is -3.03. The second-order valence-corrected chi connectivity index (χ2v) is 7.91. The van der Waals surface area contributed by atoms with Crippen LogP contribution in [0.1, 0.15) is 22.8 Å². The summed E-state index contributed by atoms with van der Waals surface area (Å²) < 4.78 is 11.9. The zero-order chi connectivity index (χ0) is 20.4. The summed E-state index contributed by atoms with van der Waals surface area (Å²) in [5, 5.41) is 0. The molecule has 0 aliphatic carbocycles. The number of rotatable bonds is 5. The molecule has 2 fully saturated rings. The quantitative estimate of drug-likeness (QED) is 0.651. The number of carbonyl (C=O) groups excluding carboxylic acids is 1. The van der Waals surface area contributed by atoms with E-state index in [1.807, 2.05) is 53.7 Å². The van der Waals surface area contributed by atoms with Crippen molar-refractivity contribution in [2.75, 3.05) is 26.2 Å². The van der Waals surface area contributed by atoms with Crippen molar-refractivity contribution < 1.29 is 13.9 Å². The molecule has 2 saturated heterocycles. The molecule has 5 rings (SSSR count). The number of nitrogens with zero attached hydrogens (tertiary/aromatic N) is 4. The number of amides is 1. The molecule has 2 aliphatic heterocycles. The average molecular weight is 404 g/mol. The van der Waals surface area contributed by atoms with Gasteiger partial charge in [-0.3, -0.25) is 19.7 Å². The number of hydrogen-bond acceptors (Lipinski definition) is 6. The largest absolute Gasteiger partial charge is 0.468 e. The molecule has 1 amide bonds. The Bertz CT molecular complexity index is 980. The number of ether oxygens (including phenoxy) is 1. The molecular weight excluding hydrogens is 380 g/mol. The Balaban J connectivity index is 1.45. The zero-order valence-corrected chi connectivity index (χ0v) is 16.7. The van der Waals surface area contributed by atoms with Crippen LogP contribution in [0, 0.1) is 0 Å². The van der Waals surface area contributed by atoms with Crippen molar-refractivity contribution in [2.24, 2.45) is 0 Å². The lowest BCUT2D eigenvalue weighted by Crippen LogP contribution is -2.59. The first-order valence-corrected chi connectivity index (χ1v) is 10.2. The Morgan fingerprint density at radius 3 is 2.67 bits per heavy atom. The van der Waals surface area contributed by atoms with Crippen molar-refractivity contribution in [3.05, 3.63) is 84.3 Å². The van der Waals surface area contributed by atoms with Gasteiger partial charge in [0, 0.05) is 56.9 Å². The maximum Gasteiger partial charge on any atom is 0.257 e.